The van der Waals surface area contributed by atoms with Gasteiger partial charge in [-0.3, -0.25) is 14.4 Å². The number of hydrogen-bond donors (Lipinski definition) is 2. The number of sulfonamides is 1. The van der Waals surface area contributed by atoms with Gasteiger partial charge in [-0.05, 0) is 30.7 Å². The van der Waals surface area contributed by atoms with Crippen LogP contribution in [0.5, 0.6) is 0 Å². The molecule has 2 heterocycles. The van der Waals surface area contributed by atoms with Crippen LogP contribution in [0, 0.1) is 0 Å². The molecule has 1 saturated heterocycles. The van der Waals surface area contributed by atoms with Crippen molar-refractivity contribution in [1.82, 2.24) is 19.0 Å². The van der Waals surface area contributed by atoms with Crippen molar-refractivity contribution >= 4 is 21.7 Å². The third-order valence-corrected chi connectivity index (χ3v) is 7.09. The fourth-order valence-electron chi connectivity index (χ4n) is 3.41. The molecule has 29 heavy (non-hydrogen) atoms. The third kappa shape index (κ3) is 4.84. The number of anilines is 1. The molecule has 0 radical (unpaired) electrons. The molecule has 0 spiro atoms. The van der Waals surface area contributed by atoms with Crippen LogP contribution in [0.4, 0.5) is 5.82 Å². The molecular weight excluding hydrogens is 394 g/mol. The maximum absolute atomic E-state index is 12.9. The van der Waals surface area contributed by atoms with Crippen LogP contribution in [-0.2, 0) is 17.1 Å². The van der Waals surface area contributed by atoms with Crippen molar-refractivity contribution in [2.24, 2.45) is 7.05 Å². The molecule has 1 aliphatic heterocycles. The van der Waals surface area contributed by atoms with E-state index in [2.05, 4.69) is 15.3 Å². The summed E-state index contributed by atoms with van der Waals surface area (Å²) >= 11 is 0. The van der Waals surface area contributed by atoms with E-state index in [1.807, 2.05) is 6.92 Å². The number of hydrogen-bond acceptors (Lipinski definition) is 6. The summed E-state index contributed by atoms with van der Waals surface area (Å²) in [4.78, 5) is 14.6. The van der Waals surface area contributed by atoms with E-state index in [4.69, 9.17) is 0 Å². The smallest absolute Gasteiger partial charge is 0.256 e. The molecule has 1 aromatic carbocycles. The van der Waals surface area contributed by atoms with Crippen LogP contribution in [0.1, 0.15) is 23.7 Å². The first-order valence-corrected chi connectivity index (χ1v) is 11.0. The Kier molecular flexibility index (Phi) is 6.68. The molecule has 1 fully saturated rings. The molecule has 9 nitrogen and oxygen atoms in total. The topological polar surface area (TPSA) is 108 Å². The number of benzene rings is 1. The number of nitrogens with zero attached hydrogens (tertiary/aromatic N) is 4. The van der Waals surface area contributed by atoms with Crippen molar-refractivity contribution in [3.63, 3.8) is 0 Å². The Balaban J connectivity index is 1.65. The molecule has 0 bridgehead atoms. The van der Waals surface area contributed by atoms with Crippen molar-refractivity contribution in [2.75, 3.05) is 38.1 Å². The second-order valence-electron chi connectivity index (χ2n) is 7.04. The van der Waals surface area contributed by atoms with Crippen molar-refractivity contribution < 1.29 is 18.3 Å². The summed E-state index contributed by atoms with van der Waals surface area (Å²) in [5, 5.41) is 16.2. The maximum Gasteiger partial charge on any atom is 0.256 e. The zero-order valence-corrected chi connectivity index (χ0v) is 17.5. The summed E-state index contributed by atoms with van der Waals surface area (Å²) in [5.74, 6) is 0.0798. The van der Waals surface area contributed by atoms with Crippen molar-refractivity contribution in [2.45, 2.75) is 24.3 Å². The van der Waals surface area contributed by atoms with Gasteiger partial charge in [-0.2, -0.15) is 9.40 Å². The van der Waals surface area contributed by atoms with Crippen molar-refractivity contribution in [3.8, 4) is 0 Å². The van der Waals surface area contributed by atoms with Gasteiger partial charge in [0.05, 0.1) is 11.5 Å². The van der Waals surface area contributed by atoms with Crippen LogP contribution in [0.15, 0.2) is 41.4 Å². The zero-order chi connectivity index (χ0) is 21.0. The molecule has 2 N–H and O–H groups in total. The van der Waals surface area contributed by atoms with Crippen LogP contribution in [0.25, 0.3) is 0 Å². The Morgan fingerprint density at radius 2 is 1.83 bits per heavy atom. The summed E-state index contributed by atoms with van der Waals surface area (Å²) in [6.07, 6.45) is 2.54. The van der Waals surface area contributed by atoms with Crippen LogP contribution >= 0.6 is 0 Å². The van der Waals surface area contributed by atoms with Crippen LogP contribution < -0.4 is 5.32 Å². The molecule has 1 aromatic heterocycles. The van der Waals surface area contributed by atoms with Gasteiger partial charge in [0.15, 0.2) is 5.82 Å². The van der Waals surface area contributed by atoms with Crippen LogP contribution in [0.3, 0.4) is 0 Å². The SMILES string of the molecule is CCC(CO)N1CCN(S(=O)(=O)c2ccc(C(=O)Nc3ccn(C)n3)cc2)CC1. The first kappa shape index (κ1) is 21.4. The normalized spacial score (nSPS) is 17.2. The molecule has 158 valence electrons. The molecule has 10 heteroatoms. The van der Waals surface area contributed by atoms with Crippen molar-refractivity contribution in [3.05, 3.63) is 42.1 Å². The van der Waals surface area contributed by atoms with Gasteiger partial charge >= 0.3 is 0 Å². The number of aryl methyl sites for hydroxylation is 1. The van der Waals surface area contributed by atoms with E-state index in [1.54, 1.807) is 24.0 Å². The quantitative estimate of drug-likeness (QED) is 0.683. The fraction of sp³-hybridized carbons (Fsp3) is 0.474. The van der Waals surface area contributed by atoms with E-state index in [-0.39, 0.29) is 23.5 Å². The molecule has 1 unspecified atom stereocenters. The van der Waals surface area contributed by atoms with Crippen LogP contribution in [-0.4, -0.2) is 77.2 Å². The number of piperazine rings is 1. The number of aliphatic hydroxyl groups excluding tert-OH is 1. The maximum atomic E-state index is 12.9. The summed E-state index contributed by atoms with van der Waals surface area (Å²) in [5.41, 5.74) is 0.355. The van der Waals surface area contributed by atoms with Gasteiger partial charge in [-0.15, -0.1) is 0 Å². The Labute approximate surface area is 171 Å². The number of nitrogens with one attached hydrogen (secondary N) is 1. The summed E-state index contributed by atoms with van der Waals surface area (Å²) in [6, 6.07) is 7.66. The summed E-state index contributed by atoms with van der Waals surface area (Å²) in [7, 11) is -1.87. The average Bonchev–Trinajstić information content (AvgIpc) is 3.14. The highest BCUT2D eigenvalue weighted by Crippen LogP contribution is 2.20. The lowest BCUT2D eigenvalue weighted by atomic mass is 10.2. The zero-order valence-electron chi connectivity index (χ0n) is 16.7. The predicted molar refractivity (Wildman–Crippen MR) is 109 cm³/mol. The van der Waals surface area contributed by atoms with Gasteiger partial charge in [-0.1, -0.05) is 6.92 Å². The van der Waals surface area contributed by atoms with Crippen LogP contribution in [0.2, 0.25) is 0 Å². The van der Waals surface area contributed by atoms with Gasteiger partial charge in [0, 0.05) is 57.1 Å². The van der Waals surface area contributed by atoms with Gasteiger partial charge in [0.25, 0.3) is 5.91 Å². The minimum absolute atomic E-state index is 0.0664. The molecule has 0 aliphatic carbocycles. The van der Waals surface area contributed by atoms with E-state index < -0.39 is 10.0 Å². The van der Waals surface area contributed by atoms with Gasteiger partial charge in [0.1, 0.15) is 0 Å². The molecule has 1 aliphatic rings. The molecule has 0 saturated carbocycles. The molecule has 3 rings (SSSR count). The lowest BCUT2D eigenvalue weighted by Gasteiger charge is -2.37. The molecular formula is C19H27N5O4S. The highest BCUT2D eigenvalue weighted by atomic mass is 32.2. The lowest BCUT2D eigenvalue weighted by molar-refractivity contribution is 0.0881. The second-order valence-corrected chi connectivity index (χ2v) is 8.98. The van der Waals surface area contributed by atoms with Crippen molar-refractivity contribution in [1.29, 1.82) is 0 Å². The predicted octanol–water partition coefficient (Wildman–Crippen LogP) is 0.750. The number of amides is 1. The minimum Gasteiger partial charge on any atom is -0.395 e. The third-order valence-electron chi connectivity index (χ3n) is 5.18. The Bertz CT molecular complexity index is 930. The second kappa shape index (κ2) is 9.04. The molecule has 2 aromatic rings. The minimum atomic E-state index is -3.63. The Morgan fingerprint density at radius 3 is 2.34 bits per heavy atom. The Morgan fingerprint density at radius 1 is 1.17 bits per heavy atom. The van der Waals surface area contributed by atoms with Gasteiger partial charge in [-0.25, -0.2) is 8.42 Å². The highest BCUT2D eigenvalue weighted by molar-refractivity contribution is 7.89. The summed E-state index contributed by atoms with van der Waals surface area (Å²) in [6.45, 7) is 4.01. The number of carbonyl (C=O) groups is 1. The lowest BCUT2D eigenvalue weighted by Crippen LogP contribution is -2.52. The number of aliphatic hydroxyl groups is 1. The Hall–Kier alpha value is -2.27. The standard InChI is InChI=1S/C19H27N5O4S/c1-3-16(14-25)23-10-12-24(13-11-23)29(27,28)17-6-4-15(5-7-17)19(26)20-18-8-9-22(2)21-18/h4-9,16,25H,3,10-14H2,1-2H3,(H,20,21,26). The number of carbonyl (C=O) groups excluding carboxylic acids is 1. The number of aromatic nitrogens is 2. The first-order chi connectivity index (χ1) is 13.8. The highest BCUT2D eigenvalue weighted by Gasteiger charge is 2.30. The fourth-order valence-corrected chi connectivity index (χ4v) is 4.83. The average molecular weight is 422 g/mol. The van der Waals surface area contributed by atoms with Gasteiger partial charge < -0.3 is 10.4 Å². The molecule has 1 amide bonds. The van der Waals surface area contributed by atoms with Gasteiger partial charge in [0.2, 0.25) is 10.0 Å². The van der Waals surface area contributed by atoms with E-state index in [0.717, 1.165) is 6.42 Å². The molecule has 1 atom stereocenters. The first-order valence-electron chi connectivity index (χ1n) is 9.61. The number of rotatable bonds is 7. The van der Waals surface area contributed by atoms with E-state index in [0.29, 0.717) is 37.6 Å². The monoisotopic (exact) mass is 421 g/mol. The van der Waals surface area contributed by atoms with E-state index >= 15 is 0 Å². The van der Waals surface area contributed by atoms with E-state index in [1.165, 1.54) is 28.6 Å². The summed E-state index contributed by atoms with van der Waals surface area (Å²) < 4.78 is 28.9. The van der Waals surface area contributed by atoms with E-state index in [9.17, 15) is 18.3 Å². The largest absolute Gasteiger partial charge is 0.395 e.